The molecule has 2 aliphatic rings. The Hall–Kier alpha value is -2.72. The minimum atomic E-state index is -0.304. The van der Waals surface area contributed by atoms with Gasteiger partial charge in [-0.15, -0.1) is 11.3 Å². The first-order chi connectivity index (χ1) is 14.6. The summed E-state index contributed by atoms with van der Waals surface area (Å²) in [6.07, 6.45) is 5.15. The Morgan fingerprint density at radius 3 is 2.83 bits per heavy atom. The lowest BCUT2D eigenvalue weighted by atomic mass is 9.94. The molecule has 0 atom stereocenters. The lowest BCUT2D eigenvalue weighted by Gasteiger charge is -2.29. The van der Waals surface area contributed by atoms with Crippen molar-refractivity contribution in [3.8, 4) is 11.8 Å². The van der Waals surface area contributed by atoms with Crippen LogP contribution in [0.5, 0.6) is 0 Å². The second-order valence-corrected chi connectivity index (χ2v) is 9.37. The number of piperidine rings is 1. The molecular formula is C24H21NO3S2. The average Bonchev–Trinajstić information content (AvgIpc) is 3.17. The molecular weight excluding hydrogens is 414 g/mol. The molecule has 4 rings (SSSR count). The van der Waals surface area contributed by atoms with Gasteiger partial charge in [0.1, 0.15) is 10.6 Å². The predicted molar refractivity (Wildman–Crippen MR) is 121 cm³/mol. The largest absolute Gasteiger partial charge is 0.508 e. The molecule has 152 valence electrons. The van der Waals surface area contributed by atoms with E-state index in [-0.39, 0.29) is 5.97 Å². The van der Waals surface area contributed by atoms with Gasteiger partial charge in [0.25, 0.3) is 0 Å². The molecule has 1 N–H and O–H groups in total. The van der Waals surface area contributed by atoms with Crippen molar-refractivity contribution in [1.82, 2.24) is 4.31 Å². The van der Waals surface area contributed by atoms with Crippen LogP contribution in [-0.4, -0.2) is 35.6 Å². The predicted octanol–water partition coefficient (Wildman–Crippen LogP) is 5.37. The van der Waals surface area contributed by atoms with Crippen molar-refractivity contribution < 1.29 is 14.6 Å². The highest BCUT2D eigenvalue weighted by atomic mass is 32.2. The van der Waals surface area contributed by atoms with E-state index >= 15 is 0 Å². The number of aliphatic hydroxyl groups is 1. The van der Waals surface area contributed by atoms with Gasteiger partial charge in [-0.3, -0.25) is 0 Å². The molecule has 0 radical (unpaired) electrons. The summed E-state index contributed by atoms with van der Waals surface area (Å²) in [5.41, 5.74) is 4.35. The van der Waals surface area contributed by atoms with E-state index in [1.807, 2.05) is 48.6 Å². The molecule has 0 amide bonds. The molecule has 2 heterocycles. The Balaban J connectivity index is 1.57. The number of carbonyl (C=O) groups excluding carboxylic acids is 1. The van der Waals surface area contributed by atoms with Gasteiger partial charge in [-0.05, 0) is 65.9 Å². The van der Waals surface area contributed by atoms with Gasteiger partial charge in [0.15, 0.2) is 0 Å². The summed E-state index contributed by atoms with van der Waals surface area (Å²) in [6, 6.07) is 13.7. The van der Waals surface area contributed by atoms with E-state index in [0.29, 0.717) is 17.1 Å². The third-order valence-electron chi connectivity index (χ3n) is 4.87. The number of carbonyl (C=O) groups is 1. The number of fused-ring (bicyclic) bond motifs is 1. The number of hydrogen-bond acceptors (Lipinski definition) is 6. The smallest absolute Gasteiger partial charge is 0.348 e. The lowest BCUT2D eigenvalue weighted by Crippen LogP contribution is -2.27. The van der Waals surface area contributed by atoms with Crippen LogP contribution in [0.3, 0.4) is 0 Å². The maximum absolute atomic E-state index is 11.7. The van der Waals surface area contributed by atoms with Crippen LogP contribution in [0.1, 0.15) is 28.1 Å². The van der Waals surface area contributed by atoms with Crippen LogP contribution in [0.2, 0.25) is 0 Å². The molecule has 2 aromatic rings. The molecule has 4 nitrogen and oxygen atoms in total. The van der Waals surface area contributed by atoms with Crippen molar-refractivity contribution in [3.63, 3.8) is 0 Å². The molecule has 30 heavy (non-hydrogen) atoms. The van der Waals surface area contributed by atoms with Crippen LogP contribution >= 0.6 is 23.3 Å². The topological polar surface area (TPSA) is 49.8 Å². The lowest BCUT2D eigenvalue weighted by molar-refractivity contribution is 0.0606. The number of methoxy groups -OCH3 is 1. The van der Waals surface area contributed by atoms with Crippen molar-refractivity contribution >= 4 is 29.3 Å². The fourth-order valence-electron chi connectivity index (χ4n) is 3.35. The highest BCUT2D eigenvalue weighted by molar-refractivity contribution is 7.99. The Morgan fingerprint density at radius 1 is 1.20 bits per heavy atom. The van der Waals surface area contributed by atoms with Gasteiger partial charge in [-0.1, -0.05) is 30.0 Å². The van der Waals surface area contributed by atoms with E-state index < -0.39 is 0 Å². The molecule has 0 spiro atoms. The number of hydrogen-bond donors (Lipinski definition) is 1. The molecule has 0 unspecified atom stereocenters. The average molecular weight is 436 g/mol. The molecule has 1 aliphatic heterocycles. The normalized spacial score (nSPS) is 16.6. The van der Waals surface area contributed by atoms with Gasteiger partial charge in [0, 0.05) is 30.6 Å². The van der Waals surface area contributed by atoms with E-state index in [0.717, 1.165) is 40.4 Å². The molecule has 1 aliphatic carbocycles. The molecule has 1 aromatic carbocycles. The first-order valence-corrected chi connectivity index (χ1v) is 11.2. The van der Waals surface area contributed by atoms with Crippen LogP contribution in [0, 0.1) is 11.8 Å². The third kappa shape index (κ3) is 4.88. The maximum Gasteiger partial charge on any atom is 0.348 e. The number of esters is 1. The van der Waals surface area contributed by atoms with Crippen LogP contribution in [-0.2, 0) is 4.74 Å². The van der Waals surface area contributed by atoms with E-state index in [1.54, 1.807) is 18.0 Å². The van der Waals surface area contributed by atoms with E-state index in [9.17, 15) is 9.90 Å². The zero-order chi connectivity index (χ0) is 20.9. The number of thiophene rings is 1. The van der Waals surface area contributed by atoms with Crippen LogP contribution in [0.25, 0.3) is 0 Å². The zero-order valence-corrected chi connectivity index (χ0v) is 18.2. The molecule has 1 aromatic heterocycles. The van der Waals surface area contributed by atoms with Crippen molar-refractivity contribution in [3.05, 3.63) is 87.5 Å². The van der Waals surface area contributed by atoms with Gasteiger partial charge in [-0.25, -0.2) is 9.10 Å². The summed E-state index contributed by atoms with van der Waals surface area (Å²) in [5, 5.41) is 10.2. The SMILES string of the molecule is COC(=O)c1ccc(SN2CCC3=CC(O)=CCC(C#Cc4ccccc4)=C3C2)s1. The Kier molecular flexibility index (Phi) is 6.44. The van der Waals surface area contributed by atoms with Crippen molar-refractivity contribution in [2.45, 2.75) is 17.1 Å². The quantitative estimate of drug-likeness (QED) is 0.399. The molecule has 1 fully saturated rings. The monoisotopic (exact) mass is 435 g/mol. The van der Waals surface area contributed by atoms with Crippen LogP contribution < -0.4 is 0 Å². The molecule has 1 saturated heterocycles. The Morgan fingerprint density at radius 2 is 2.03 bits per heavy atom. The minimum Gasteiger partial charge on any atom is -0.508 e. The number of nitrogens with zero attached hydrogens (tertiary/aromatic N) is 1. The van der Waals surface area contributed by atoms with E-state index in [2.05, 4.69) is 16.1 Å². The second-order valence-electron chi connectivity index (χ2n) is 6.89. The van der Waals surface area contributed by atoms with Crippen molar-refractivity contribution in [2.75, 3.05) is 20.2 Å². The minimum absolute atomic E-state index is 0.304. The van der Waals surface area contributed by atoms with Crippen molar-refractivity contribution in [1.29, 1.82) is 0 Å². The molecule has 6 heteroatoms. The van der Waals surface area contributed by atoms with Gasteiger partial charge >= 0.3 is 5.97 Å². The van der Waals surface area contributed by atoms with E-state index in [1.165, 1.54) is 24.0 Å². The Labute approximate surface area is 184 Å². The molecule has 0 saturated carbocycles. The Bertz CT molecular complexity index is 1100. The number of allylic oxidation sites excluding steroid dienone is 3. The molecule has 0 bridgehead atoms. The van der Waals surface area contributed by atoms with Crippen molar-refractivity contribution in [2.24, 2.45) is 0 Å². The van der Waals surface area contributed by atoms with Crippen LogP contribution in [0.4, 0.5) is 0 Å². The maximum atomic E-state index is 11.7. The standard InChI is InChI=1S/C24H21NO3S2/c1-28-24(27)22-11-12-23(29-22)30-25-14-13-19-15-20(26)10-9-18(21(19)16-25)8-7-17-5-3-2-4-6-17/h2-6,10-12,15,26H,9,13-14,16H2,1H3. The summed E-state index contributed by atoms with van der Waals surface area (Å²) in [4.78, 5) is 12.3. The van der Waals surface area contributed by atoms with E-state index in [4.69, 9.17) is 4.74 Å². The zero-order valence-electron chi connectivity index (χ0n) is 16.6. The summed E-state index contributed by atoms with van der Waals surface area (Å²) < 4.78 is 8.14. The first-order valence-electron chi connectivity index (χ1n) is 9.62. The fourth-order valence-corrected chi connectivity index (χ4v) is 5.50. The second kappa shape index (κ2) is 9.40. The third-order valence-corrected chi connectivity index (χ3v) is 7.09. The highest BCUT2D eigenvalue weighted by Gasteiger charge is 2.24. The van der Waals surface area contributed by atoms with Gasteiger partial charge in [0.2, 0.25) is 0 Å². The van der Waals surface area contributed by atoms with Gasteiger partial charge in [0.05, 0.1) is 11.3 Å². The van der Waals surface area contributed by atoms with Gasteiger partial charge < -0.3 is 9.84 Å². The summed E-state index contributed by atoms with van der Waals surface area (Å²) in [5.74, 6) is 6.61. The first kappa shape index (κ1) is 20.5. The summed E-state index contributed by atoms with van der Waals surface area (Å²) >= 11 is 3.09. The fraction of sp³-hybridized carbons (Fsp3) is 0.208. The highest BCUT2D eigenvalue weighted by Crippen LogP contribution is 2.37. The number of aliphatic hydroxyl groups excluding tert-OH is 1. The van der Waals surface area contributed by atoms with Crippen LogP contribution in [0.15, 0.2) is 81.3 Å². The summed E-state index contributed by atoms with van der Waals surface area (Å²) in [7, 11) is 1.40. The number of ether oxygens (including phenoxy) is 1. The summed E-state index contributed by atoms with van der Waals surface area (Å²) in [6.45, 7) is 1.60. The number of benzene rings is 1. The van der Waals surface area contributed by atoms with Gasteiger partial charge in [-0.2, -0.15) is 0 Å². The number of rotatable bonds is 3.